The highest BCUT2D eigenvalue weighted by Crippen LogP contribution is 2.06. The van der Waals surface area contributed by atoms with Crippen LogP contribution in [0, 0.1) is 0 Å². The molecular weight excluding hydrogens is 284 g/mol. The molecule has 0 aliphatic rings. The molecular formula is C15H18N4O3. The lowest BCUT2D eigenvalue weighted by atomic mass is 10.1. The minimum Gasteiger partial charge on any atom is -0.356 e. The molecule has 22 heavy (non-hydrogen) atoms. The summed E-state index contributed by atoms with van der Waals surface area (Å²) >= 11 is 0. The Hall–Kier alpha value is -2.70. The van der Waals surface area contributed by atoms with Crippen molar-refractivity contribution in [2.24, 2.45) is 0 Å². The fourth-order valence-corrected chi connectivity index (χ4v) is 2.01. The lowest BCUT2D eigenvalue weighted by Crippen LogP contribution is -2.25. The summed E-state index contributed by atoms with van der Waals surface area (Å²) in [4.78, 5) is 36.8. The van der Waals surface area contributed by atoms with Crippen LogP contribution < -0.4 is 11.0 Å². The van der Waals surface area contributed by atoms with Crippen LogP contribution >= 0.6 is 0 Å². The maximum absolute atomic E-state index is 11.9. The second-order valence-electron chi connectivity index (χ2n) is 4.87. The van der Waals surface area contributed by atoms with Crippen molar-refractivity contribution >= 4 is 11.7 Å². The number of hydrogen-bond acceptors (Lipinski definition) is 4. The van der Waals surface area contributed by atoms with E-state index in [1.54, 1.807) is 12.1 Å². The summed E-state index contributed by atoms with van der Waals surface area (Å²) in [6.45, 7) is 0.395. The third-order valence-corrected chi connectivity index (χ3v) is 3.14. The average Bonchev–Trinajstić information content (AvgIpc) is 2.93. The molecule has 0 atom stereocenters. The molecule has 0 fully saturated rings. The largest absolute Gasteiger partial charge is 0.356 e. The van der Waals surface area contributed by atoms with Gasteiger partial charge in [-0.15, -0.1) is 0 Å². The molecule has 2 rings (SSSR count). The van der Waals surface area contributed by atoms with Crippen LogP contribution in [0.4, 0.5) is 0 Å². The predicted octanol–water partition coefficient (Wildman–Crippen LogP) is 0.810. The number of benzene rings is 1. The maximum atomic E-state index is 11.9. The van der Waals surface area contributed by atoms with E-state index in [1.807, 2.05) is 18.2 Å². The van der Waals surface area contributed by atoms with Crippen molar-refractivity contribution in [2.45, 2.75) is 25.7 Å². The number of rotatable bonds is 8. The van der Waals surface area contributed by atoms with Gasteiger partial charge in [-0.2, -0.15) is 5.10 Å². The Balaban J connectivity index is 1.61. The minimum absolute atomic E-state index is 0.0440. The van der Waals surface area contributed by atoms with E-state index in [-0.39, 0.29) is 17.4 Å². The molecule has 0 saturated heterocycles. The summed E-state index contributed by atoms with van der Waals surface area (Å²) in [6, 6.07) is 9.04. The maximum Gasteiger partial charge on any atom is 0.340 e. The highest BCUT2D eigenvalue weighted by atomic mass is 16.2. The SMILES string of the molecule is O=C(CCCC(=O)c1ccccc1)NCCc1n[nH]c(=O)[nH]1. The summed E-state index contributed by atoms with van der Waals surface area (Å²) < 4.78 is 0. The number of carbonyl (C=O) groups is 2. The van der Waals surface area contributed by atoms with Crippen LogP contribution in [0.1, 0.15) is 35.4 Å². The van der Waals surface area contributed by atoms with Crippen LogP contribution in [0.5, 0.6) is 0 Å². The zero-order valence-corrected chi connectivity index (χ0v) is 12.1. The summed E-state index contributed by atoms with van der Waals surface area (Å²) in [5, 5.41) is 8.73. The fourth-order valence-electron chi connectivity index (χ4n) is 2.01. The van der Waals surface area contributed by atoms with E-state index in [4.69, 9.17) is 0 Å². The van der Waals surface area contributed by atoms with Crippen molar-refractivity contribution in [3.05, 3.63) is 52.2 Å². The molecule has 0 spiro atoms. The van der Waals surface area contributed by atoms with Gasteiger partial charge >= 0.3 is 5.69 Å². The molecule has 0 aliphatic heterocycles. The lowest BCUT2D eigenvalue weighted by Gasteiger charge is -2.04. The topological polar surface area (TPSA) is 108 Å². The van der Waals surface area contributed by atoms with Crippen molar-refractivity contribution in [3.8, 4) is 0 Å². The number of H-pyrrole nitrogens is 2. The van der Waals surface area contributed by atoms with Gasteiger partial charge < -0.3 is 5.32 Å². The van der Waals surface area contributed by atoms with Crippen LogP contribution in [0.25, 0.3) is 0 Å². The van der Waals surface area contributed by atoms with Crippen molar-refractivity contribution in [1.82, 2.24) is 20.5 Å². The number of aromatic amines is 2. The molecule has 2 aromatic rings. The first-order valence-corrected chi connectivity index (χ1v) is 7.13. The van der Waals surface area contributed by atoms with Gasteiger partial charge in [-0.05, 0) is 6.42 Å². The number of nitrogens with one attached hydrogen (secondary N) is 3. The van der Waals surface area contributed by atoms with E-state index in [0.717, 1.165) is 0 Å². The van der Waals surface area contributed by atoms with Gasteiger partial charge in [0.1, 0.15) is 5.82 Å². The van der Waals surface area contributed by atoms with Gasteiger partial charge in [-0.3, -0.25) is 14.6 Å². The predicted molar refractivity (Wildman–Crippen MR) is 80.5 cm³/mol. The molecule has 7 heteroatoms. The standard InChI is InChI=1S/C15H18N4O3/c20-12(11-5-2-1-3-6-11)7-4-8-14(21)16-10-9-13-17-15(22)19-18-13/h1-3,5-6H,4,7-10H2,(H,16,21)(H2,17,18,19,22). The van der Waals surface area contributed by atoms with Gasteiger partial charge in [0.2, 0.25) is 5.91 Å². The van der Waals surface area contributed by atoms with Gasteiger partial charge in [0.05, 0.1) is 0 Å². The number of amides is 1. The van der Waals surface area contributed by atoms with Gasteiger partial charge in [0.25, 0.3) is 0 Å². The summed E-state index contributed by atoms with van der Waals surface area (Å²) in [5.74, 6) is 0.436. The van der Waals surface area contributed by atoms with Crippen LogP contribution in [0.15, 0.2) is 35.1 Å². The van der Waals surface area contributed by atoms with Gasteiger partial charge in [-0.1, -0.05) is 30.3 Å². The number of hydrogen-bond donors (Lipinski definition) is 3. The molecule has 0 saturated carbocycles. The molecule has 116 valence electrons. The monoisotopic (exact) mass is 302 g/mol. The molecule has 0 unspecified atom stereocenters. The molecule has 7 nitrogen and oxygen atoms in total. The molecule has 0 bridgehead atoms. The van der Waals surface area contributed by atoms with E-state index in [9.17, 15) is 14.4 Å². The quantitative estimate of drug-likeness (QED) is 0.627. The summed E-state index contributed by atoms with van der Waals surface area (Å²) in [6.07, 6.45) is 1.62. The molecule has 1 aromatic heterocycles. The number of aromatic nitrogens is 3. The highest BCUT2D eigenvalue weighted by molar-refractivity contribution is 5.96. The minimum atomic E-state index is -0.360. The van der Waals surface area contributed by atoms with Gasteiger partial charge in [0, 0.05) is 31.4 Å². The Morgan fingerprint density at radius 3 is 2.59 bits per heavy atom. The first kappa shape index (κ1) is 15.7. The molecule has 3 N–H and O–H groups in total. The zero-order valence-electron chi connectivity index (χ0n) is 12.1. The summed E-state index contributed by atoms with van der Waals surface area (Å²) in [7, 11) is 0. The van der Waals surface area contributed by atoms with E-state index in [2.05, 4.69) is 20.5 Å². The second kappa shape index (κ2) is 7.92. The number of carbonyl (C=O) groups excluding carboxylic acids is 2. The van der Waals surface area contributed by atoms with Crippen LogP contribution in [-0.2, 0) is 11.2 Å². The normalized spacial score (nSPS) is 10.4. The Morgan fingerprint density at radius 2 is 1.91 bits per heavy atom. The smallest absolute Gasteiger partial charge is 0.340 e. The lowest BCUT2D eigenvalue weighted by molar-refractivity contribution is -0.121. The van der Waals surface area contributed by atoms with Gasteiger partial charge in [-0.25, -0.2) is 9.89 Å². The second-order valence-corrected chi connectivity index (χ2v) is 4.87. The third kappa shape index (κ3) is 5.01. The first-order valence-electron chi connectivity index (χ1n) is 7.13. The van der Waals surface area contributed by atoms with Crippen LogP contribution in [0.3, 0.4) is 0 Å². The Kier molecular flexibility index (Phi) is 5.65. The third-order valence-electron chi connectivity index (χ3n) is 3.14. The molecule has 1 heterocycles. The number of ketones is 1. The summed E-state index contributed by atoms with van der Waals surface area (Å²) in [5.41, 5.74) is 0.311. The Morgan fingerprint density at radius 1 is 1.14 bits per heavy atom. The van der Waals surface area contributed by atoms with E-state index >= 15 is 0 Å². The van der Waals surface area contributed by atoms with E-state index < -0.39 is 0 Å². The van der Waals surface area contributed by atoms with Crippen molar-refractivity contribution in [3.63, 3.8) is 0 Å². The molecule has 1 aromatic carbocycles. The first-order chi connectivity index (χ1) is 10.6. The molecule has 0 radical (unpaired) electrons. The Labute approximate surface area is 127 Å². The zero-order chi connectivity index (χ0) is 15.8. The van der Waals surface area contributed by atoms with Gasteiger partial charge in [0.15, 0.2) is 5.78 Å². The highest BCUT2D eigenvalue weighted by Gasteiger charge is 2.07. The fraction of sp³-hybridized carbons (Fsp3) is 0.333. The number of Topliss-reactive ketones (excluding diaryl/α,β-unsaturated/α-hetero) is 1. The van der Waals surface area contributed by atoms with Crippen LogP contribution in [-0.4, -0.2) is 33.4 Å². The van der Waals surface area contributed by atoms with Crippen molar-refractivity contribution < 1.29 is 9.59 Å². The Bertz CT molecular complexity index is 675. The van der Waals surface area contributed by atoms with Crippen molar-refractivity contribution in [2.75, 3.05) is 6.54 Å². The van der Waals surface area contributed by atoms with E-state index in [1.165, 1.54) is 0 Å². The number of nitrogens with zero attached hydrogens (tertiary/aromatic N) is 1. The molecule has 0 aliphatic carbocycles. The molecule has 1 amide bonds. The van der Waals surface area contributed by atoms with Crippen molar-refractivity contribution in [1.29, 1.82) is 0 Å². The van der Waals surface area contributed by atoms with Crippen LogP contribution in [0.2, 0.25) is 0 Å². The van der Waals surface area contributed by atoms with E-state index in [0.29, 0.717) is 43.6 Å². The average molecular weight is 302 g/mol.